The van der Waals surface area contributed by atoms with Crippen molar-refractivity contribution in [1.29, 1.82) is 0 Å². The molecule has 1 saturated carbocycles. The summed E-state index contributed by atoms with van der Waals surface area (Å²) in [5.41, 5.74) is 1.77. The molecule has 7 heteroatoms. The summed E-state index contributed by atoms with van der Waals surface area (Å²) >= 11 is 0. The molecule has 0 saturated heterocycles. The Balaban J connectivity index is 1.43. The molecular weight excluding hydrogens is 366 g/mol. The van der Waals surface area contributed by atoms with Gasteiger partial charge in [-0.2, -0.15) is 0 Å². The predicted molar refractivity (Wildman–Crippen MR) is 111 cm³/mol. The first-order valence-electron chi connectivity index (χ1n) is 9.92. The molecule has 1 fully saturated rings. The molecule has 1 aromatic carbocycles. The van der Waals surface area contributed by atoms with Crippen LogP contribution in [0.1, 0.15) is 37.7 Å². The molecule has 0 atom stereocenters. The van der Waals surface area contributed by atoms with E-state index in [1.165, 1.54) is 19.3 Å². The van der Waals surface area contributed by atoms with Crippen LogP contribution in [0.15, 0.2) is 66.5 Å². The largest absolute Gasteiger partial charge is 0.439 e. The fourth-order valence-corrected chi connectivity index (χ4v) is 3.77. The first kappa shape index (κ1) is 19.0. The number of hydrogen-bond acceptors (Lipinski definition) is 5. The predicted octanol–water partition coefficient (Wildman–Crippen LogP) is 4.46. The summed E-state index contributed by atoms with van der Waals surface area (Å²) in [7, 11) is 1.98. The maximum atomic E-state index is 9.57. The van der Waals surface area contributed by atoms with Gasteiger partial charge in [-0.25, -0.2) is 9.97 Å². The lowest BCUT2D eigenvalue weighted by molar-refractivity contribution is 0.256. The van der Waals surface area contributed by atoms with E-state index in [1.807, 2.05) is 48.1 Å². The number of amidine groups is 1. The molecule has 1 aliphatic rings. The van der Waals surface area contributed by atoms with E-state index < -0.39 is 0 Å². The van der Waals surface area contributed by atoms with Crippen LogP contribution in [-0.4, -0.2) is 43.6 Å². The minimum Gasteiger partial charge on any atom is -0.439 e. The van der Waals surface area contributed by atoms with Gasteiger partial charge in [0.15, 0.2) is 5.84 Å². The van der Waals surface area contributed by atoms with Crippen LogP contribution < -0.4 is 4.74 Å². The number of nitrogens with zero attached hydrogens (tertiary/aromatic N) is 5. The van der Waals surface area contributed by atoms with Crippen molar-refractivity contribution in [2.24, 2.45) is 5.16 Å². The van der Waals surface area contributed by atoms with Crippen molar-refractivity contribution in [3.8, 4) is 17.3 Å². The van der Waals surface area contributed by atoms with Gasteiger partial charge >= 0.3 is 0 Å². The number of imidazole rings is 1. The van der Waals surface area contributed by atoms with Crippen LogP contribution >= 0.6 is 0 Å². The molecule has 29 heavy (non-hydrogen) atoms. The zero-order valence-electron chi connectivity index (χ0n) is 16.5. The molecule has 1 N–H and O–H groups in total. The second kappa shape index (κ2) is 8.77. The van der Waals surface area contributed by atoms with Crippen molar-refractivity contribution in [3.05, 3.63) is 66.9 Å². The Morgan fingerprint density at radius 1 is 1.14 bits per heavy atom. The molecule has 0 amide bonds. The van der Waals surface area contributed by atoms with Gasteiger partial charge in [0.25, 0.3) is 0 Å². The minimum atomic E-state index is 0.402. The van der Waals surface area contributed by atoms with Crippen molar-refractivity contribution in [1.82, 2.24) is 19.4 Å². The normalized spacial score (nSPS) is 15.3. The third kappa shape index (κ3) is 4.39. The van der Waals surface area contributed by atoms with Crippen LogP contribution in [0.4, 0.5) is 0 Å². The standard InChI is InChI=1S/C22H25N5O2/c1-26(18-5-3-2-4-6-18)22(25-28)17-7-12-21(24-15-17)29-20-10-8-19(9-11-20)27-14-13-23-16-27/h7-16,18,28H,2-6H2,1H3/b25-22-. The van der Waals surface area contributed by atoms with Gasteiger partial charge in [0, 0.05) is 49.0 Å². The fourth-order valence-electron chi connectivity index (χ4n) is 3.77. The lowest BCUT2D eigenvalue weighted by atomic mass is 9.94. The first-order chi connectivity index (χ1) is 14.2. The number of rotatable bonds is 5. The van der Waals surface area contributed by atoms with E-state index in [1.54, 1.807) is 24.8 Å². The lowest BCUT2D eigenvalue weighted by Crippen LogP contribution is -2.38. The monoisotopic (exact) mass is 391 g/mol. The Morgan fingerprint density at radius 3 is 2.55 bits per heavy atom. The fraction of sp³-hybridized carbons (Fsp3) is 0.318. The van der Waals surface area contributed by atoms with Gasteiger partial charge in [0.1, 0.15) is 5.75 Å². The molecule has 0 bridgehead atoms. The third-order valence-electron chi connectivity index (χ3n) is 5.41. The molecule has 0 spiro atoms. The van der Waals surface area contributed by atoms with E-state index in [0.29, 0.717) is 23.5 Å². The van der Waals surface area contributed by atoms with Crippen molar-refractivity contribution in [2.75, 3.05) is 7.05 Å². The first-order valence-corrected chi connectivity index (χ1v) is 9.92. The lowest BCUT2D eigenvalue weighted by Gasteiger charge is -2.32. The zero-order chi connectivity index (χ0) is 20.1. The number of hydrogen-bond donors (Lipinski definition) is 1. The summed E-state index contributed by atoms with van der Waals surface area (Å²) in [6.07, 6.45) is 13.0. The summed E-state index contributed by atoms with van der Waals surface area (Å²) in [5, 5.41) is 13.1. The van der Waals surface area contributed by atoms with Gasteiger partial charge in [-0.15, -0.1) is 0 Å². The molecule has 2 heterocycles. The van der Waals surface area contributed by atoms with Crippen LogP contribution in [0.25, 0.3) is 5.69 Å². The number of pyridine rings is 1. The maximum Gasteiger partial charge on any atom is 0.219 e. The Hall–Kier alpha value is -3.35. The van der Waals surface area contributed by atoms with Gasteiger partial charge in [0.05, 0.1) is 6.33 Å². The van der Waals surface area contributed by atoms with Crippen molar-refractivity contribution >= 4 is 5.84 Å². The average Bonchev–Trinajstić information content (AvgIpc) is 3.31. The van der Waals surface area contributed by atoms with E-state index in [9.17, 15) is 5.21 Å². The highest BCUT2D eigenvalue weighted by Gasteiger charge is 2.22. The Morgan fingerprint density at radius 2 is 1.93 bits per heavy atom. The minimum absolute atomic E-state index is 0.402. The highest BCUT2D eigenvalue weighted by Crippen LogP contribution is 2.24. The Bertz CT molecular complexity index is 930. The van der Waals surface area contributed by atoms with E-state index >= 15 is 0 Å². The number of oxime groups is 1. The van der Waals surface area contributed by atoms with E-state index in [-0.39, 0.29) is 0 Å². The second-order valence-electron chi connectivity index (χ2n) is 7.28. The van der Waals surface area contributed by atoms with Crippen LogP contribution in [0, 0.1) is 0 Å². The van der Waals surface area contributed by atoms with Crippen LogP contribution in [0.3, 0.4) is 0 Å². The molecule has 2 aromatic heterocycles. The van der Waals surface area contributed by atoms with E-state index in [0.717, 1.165) is 24.1 Å². The molecule has 150 valence electrons. The quantitative estimate of drug-likeness (QED) is 0.301. The Labute approximate surface area is 170 Å². The Kier molecular flexibility index (Phi) is 5.74. The summed E-state index contributed by atoms with van der Waals surface area (Å²) in [4.78, 5) is 10.5. The third-order valence-corrected chi connectivity index (χ3v) is 5.41. The maximum absolute atomic E-state index is 9.57. The smallest absolute Gasteiger partial charge is 0.219 e. The molecule has 3 aromatic rings. The van der Waals surface area contributed by atoms with Gasteiger partial charge in [-0.05, 0) is 43.2 Å². The number of benzene rings is 1. The summed E-state index contributed by atoms with van der Waals surface area (Å²) in [5.74, 6) is 1.73. The SMILES string of the molecule is CN(/C(=N\O)c1ccc(Oc2ccc(-n3ccnc3)cc2)nc1)C1CCCCC1. The number of ether oxygens (including phenoxy) is 1. The molecule has 0 radical (unpaired) electrons. The zero-order valence-corrected chi connectivity index (χ0v) is 16.5. The summed E-state index contributed by atoms with van der Waals surface area (Å²) in [6.45, 7) is 0. The molecule has 1 aliphatic carbocycles. The van der Waals surface area contributed by atoms with Crippen molar-refractivity contribution in [3.63, 3.8) is 0 Å². The van der Waals surface area contributed by atoms with Crippen molar-refractivity contribution < 1.29 is 9.94 Å². The van der Waals surface area contributed by atoms with Gasteiger partial charge < -0.3 is 19.4 Å². The van der Waals surface area contributed by atoms with Gasteiger partial charge in [-0.1, -0.05) is 24.4 Å². The van der Waals surface area contributed by atoms with Crippen LogP contribution in [0.2, 0.25) is 0 Å². The van der Waals surface area contributed by atoms with E-state index in [4.69, 9.17) is 4.74 Å². The summed E-state index contributed by atoms with van der Waals surface area (Å²) < 4.78 is 7.77. The molecule has 4 rings (SSSR count). The van der Waals surface area contributed by atoms with Crippen molar-refractivity contribution in [2.45, 2.75) is 38.1 Å². The topological polar surface area (TPSA) is 75.8 Å². The average molecular weight is 391 g/mol. The van der Waals surface area contributed by atoms with Gasteiger partial charge in [0.2, 0.25) is 5.88 Å². The second-order valence-corrected chi connectivity index (χ2v) is 7.28. The van der Waals surface area contributed by atoms with Crippen LogP contribution in [-0.2, 0) is 0 Å². The molecular formula is C22H25N5O2. The summed E-state index contributed by atoms with van der Waals surface area (Å²) in [6, 6.07) is 11.8. The molecule has 7 nitrogen and oxygen atoms in total. The van der Waals surface area contributed by atoms with Gasteiger partial charge in [-0.3, -0.25) is 0 Å². The number of aromatic nitrogens is 3. The van der Waals surface area contributed by atoms with Crippen LogP contribution in [0.5, 0.6) is 11.6 Å². The highest BCUT2D eigenvalue weighted by atomic mass is 16.5. The molecule has 0 aliphatic heterocycles. The van der Waals surface area contributed by atoms with E-state index in [2.05, 4.69) is 20.0 Å². The molecule has 0 unspecified atom stereocenters. The highest BCUT2D eigenvalue weighted by molar-refractivity contribution is 5.98.